The summed E-state index contributed by atoms with van der Waals surface area (Å²) in [4.78, 5) is 16.8. The molecule has 22 heavy (non-hydrogen) atoms. The van der Waals surface area contributed by atoms with E-state index < -0.39 is 0 Å². The number of amides is 1. The van der Waals surface area contributed by atoms with E-state index in [2.05, 4.69) is 10.3 Å². The maximum atomic E-state index is 12.4. The zero-order valence-corrected chi connectivity index (χ0v) is 13.5. The normalized spacial score (nSPS) is 10.9. The van der Waals surface area contributed by atoms with E-state index in [1.54, 1.807) is 24.3 Å². The summed E-state index contributed by atoms with van der Waals surface area (Å²) in [6.07, 6.45) is 3.41. The van der Waals surface area contributed by atoms with Crippen molar-refractivity contribution in [3.63, 3.8) is 0 Å². The lowest BCUT2D eigenvalue weighted by Gasteiger charge is -2.09. The van der Waals surface area contributed by atoms with Gasteiger partial charge in [0.1, 0.15) is 5.65 Å². The molecule has 0 aliphatic rings. The van der Waals surface area contributed by atoms with Crippen molar-refractivity contribution in [3.8, 4) is 0 Å². The number of carbonyl (C=O) groups is 1. The van der Waals surface area contributed by atoms with E-state index in [4.69, 9.17) is 23.2 Å². The van der Waals surface area contributed by atoms with Crippen LogP contribution in [0.5, 0.6) is 0 Å². The molecule has 0 fully saturated rings. The van der Waals surface area contributed by atoms with Crippen LogP contribution in [0, 0.1) is 6.92 Å². The average Bonchev–Trinajstić information content (AvgIpc) is 2.77. The van der Waals surface area contributed by atoms with Crippen LogP contribution in [0.2, 0.25) is 10.0 Å². The highest BCUT2D eigenvalue weighted by atomic mass is 35.5. The second kappa shape index (κ2) is 5.63. The highest BCUT2D eigenvalue weighted by Gasteiger charge is 2.18. The summed E-state index contributed by atoms with van der Waals surface area (Å²) >= 11 is 12.5. The average molecular weight is 334 g/mol. The fraction of sp³-hybridized carbons (Fsp3) is 0.125. The van der Waals surface area contributed by atoms with Crippen LogP contribution in [-0.4, -0.2) is 15.5 Å². The number of pyridine rings is 1. The molecule has 0 unspecified atom stereocenters. The minimum atomic E-state index is -0.337. The Kier molecular flexibility index (Phi) is 3.81. The van der Waals surface area contributed by atoms with E-state index in [0.29, 0.717) is 21.3 Å². The third kappa shape index (κ3) is 2.45. The molecule has 0 radical (unpaired) electrons. The summed E-state index contributed by atoms with van der Waals surface area (Å²) in [6.45, 7) is 1.94. The van der Waals surface area contributed by atoms with Gasteiger partial charge in [0.05, 0.1) is 21.3 Å². The molecule has 112 valence electrons. The summed E-state index contributed by atoms with van der Waals surface area (Å²) in [7, 11) is 1.89. The third-order valence-corrected chi connectivity index (χ3v) is 4.20. The number of hydrogen-bond acceptors (Lipinski definition) is 2. The van der Waals surface area contributed by atoms with E-state index in [1.165, 1.54) is 6.20 Å². The molecule has 6 heteroatoms. The fourth-order valence-corrected chi connectivity index (χ4v) is 2.97. The molecule has 1 N–H and O–H groups in total. The van der Waals surface area contributed by atoms with Gasteiger partial charge in [-0.05, 0) is 24.6 Å². The Labute approximate surface area is 137 Å². The molecule has 2 heterocycles. The smallest absolute Gasteiger partial charge is 0.258 e. The van der Waals surface area contributed by atoms with Gasteiger partial charge in [-0.2, -0.15) is 0 Å². The first-order valence-corrected chi connectivity index (χ1v) is 7.40. The molecule has 1 aromatic carbocycles. The number of aromatic nitrogens is 2. The first kappa shape index (κ1) is 14.9. The first-order valence-electron chi connectivity index (χ1n) is 6.65. The van der Waals surface area contributed by atoms with Gasteiger partial charge in [0.15, 0.2) is 0 Å². The van der Waals surface area contributed by atoms with Crippen LogP contribution in [0.4, 0.5) is 5.69 Å². The molecule has 2 aromatic heterocycles. The predicted molar refractivity (Wildman–Crippen MR) is 89.9 cm³/mol. The molecule has 4 nitrogen and oxygen atoms in total. The van der Waals surface area contributed by atoms with E-state index in [0.717, 1.165) is 16.6 Å². The second-order valence-electron chi connectivity index (χ2n) is 5.04. The zero-order chi connectivity index (χ0) is 15.9. The van der Waals surface area contributed by atoms with Gasteiger partial charge in [-0.3, -0.25) is 4.79 Å². The van der Waals surface area contributed by atoms with E-state index >= 15 is 0 Å². The van der Waals surface area contributed by atoms with Crippen LogP contribution in [0.25, 0.3) is 11.0 Å². The molecule has 0 saturated carbocycles. The molecular weight excluding hydrogens is 321 g/mol. The quantitative estimate of drug-likeness (QED) is 0.753. The van der Waals surface area contributed by atoms with Crippen LogP contribution >= 0.6 is 23.2 Å². The lowest BCUT2D eigenvalue weighted by molar-refractivity contribution is 0.102. The fourth-order valence-electron chi connectivity index (χ4n) is 2.42. The van der Waals surface area contributed by atoms with E-state index in [9.17, 15) is 4.79 Å². The van der Waals surface area contributed by atoms with Gasteiger partial charge in [0.25, 0.3) is 5.91 Å². The topological polar surface area (TPSA) is 46.9 Å². The van der Waals surface area contributed by atoms with Crippen LogP contribution in [0.1, 0.15) is 15.9 Å². The van der Waals surface area contributed by atoms with Crippen molar-refractivity contribution in [2.75, 3.05) is 5.32 Å². The third-order valence-electron chi connectivity index (χ3n) is 3.48. The number of hydrogen-bond donors (Lipinski definition) is 1. The molecule has 1 amide bonds. The van der Waals surface area contributed by atoms with Crippen molar-refractivity contribution in [2.24, 2.45) is 7.05 Å². The maximum Gasteiger partial charge on any atom is 0.258 e. The summed E-state index contributed by atoms with van der Waals surface area (Å²) in [6, 6.07) is 7.03. The van der Waals surface area contributed by atoms with Gasteiger partial charge in [0.2, 0.25) is 0 Å². The lowest BCUT2D eigenvalue weighted by Crippen LogP contribution is -2.13. The Morgan fingerprint density at radius 3 is 2.73 bits per heavy atom. The SMILES string of the molecule is Cc1cn(C)c2ncc(C(=O)Nc3ccccc3Cl)c(Cl)c12. The van der Waals surface area contributed by atoms with Crippen molar-refractivity contribution in [1.29, 1.82) is 0 Å². The number of rotatable bonds is 2. The van der Waals surface area contributed by atoms with E-state index in [-0.39, 0.29) is 5.91 Å². The standard InChI is InChI=1S/C16H13Cl2N3O/c1-9-8-21(2)15-13(9)14(18)10(7-19-15)16(22)20-12-6-4-3-5-11(12)17/h3-8H,1-2H3,(H,20,22). The molecule has 0 aliphatic heterocycles. The number of aryl methyl sites for hydroxylation is 2. The van der Waals surface area contributed by atoms with Crippen molar-refractivity contribution in [1.82, 2.24) is 9.55 Å². The number of para-hydroxylation sites is 1. The molecule has 0 spiro atoms. The van der Waals surface area contributed by atoms with E-state index in [1.807, 2.05) is 24.7 Å². The Morgan fingerprint density at radius 1 is 1.27 bits per heavy atom. The highest BCUT2D eigenvalue weighted by Crippen LogP contribution is 2.30. The molecule has 3 rings (SSSR count). The number of nitrogens with zero attached hydrogens (tertiary/aromatic N) is 2. The summed E-state index contributed by atoms with van der Waals surface area (Å²) < 4.78 is 1.88. The minimum Gasteiger partial charge on any atom is -0.335 e. The molecule has 0 aliphatic carbocycles. The molecule has 0 atom stereocenters. The van der Waals surface area contributed by atoms with Gasteiger partial charge in [-0.25, -0.2) is 4.98 Å². The summed E-state index contributed by atoms with van der Waals surface area (Å²) in [5.41, 5.74) is 2.58. The lowest BCUT2D eigenvalue weighted by atomic mass is 10.1. The number of benzene rings is 1. The molecule has 3 aromatic rings. The number of fused-ring (bicyclic) bond motifs is 1. The maximum absolute atomic E-state index is 12.4. The zero-order valence-electron chi connectivity index (χ0n) is 12.0. The predicted octanol–water partition coefficient (Wildman–Crippen LogP) is 4.44. The largest absolute Gasteiger partial charge is 0.335 e. The van der Waals surface area contributed by atoms with Crippen LogP contribution in [0.15, 0.2) is 36.7 Å². The van der Waals surface area contributed by atoms with Gasteiger partial charge >= 0.3 is 0 Å². The highest BCUT2D eigenvalue weighted by molar-refractivity contribution is 6.39. The Balaban J connectivity index is 2.03. The molecule has 0 bridgehead atoms. The van der Waals surface area contributed by atoms with Crippen molar-refractivity contribution in [2.45, 2.75) is 6.92 Å². The summed E-state index contributed by atoms with van der Waals surface area (Å²) in [5.74, 6) is -0.337. The summed E-state index contributed by atoms with van der Waals surface area (Å²) in [5, 5.41) is 4.41. The van der Waals surface area contributed by atoms with Gasteiger partial charge < -0.3 is 9.88 Å². The Bertz CT molecular complexity index is 886. The van der Waals surface area contributed by atoms with Crippen molar-refractivity contribution in [3.05, 3.63) is 57.8 Å². The Morgan fingerprint density at radius 2 is 2.00 bits per heavy atom. The van der Waals surface area contributed by atoms with Crippen LogP contribution in [0.3, 0.4) is 0 Å². The number of nitrogens with one attached hydrogen (secondary N) is 1. The monoisotopic (exact) mass is 333 g/mol. The van der Waals surface area contributed by atoms with Crippen LogP contribution < -0.4 is 5.32 Å². The number of carbonyl (C=O) groups excluding carboxylic acids is 1. The molecule has 0 saturated heterocycles. The van der Waals surface area contributed by atoms with Gasteiger partial charge in [-0.1, -0.05) is 35.3 Å². The molecular formula is C16H13Cl2N3O. The number of halogens is 2. The van der Waals surface area contributed by atoms with Crippen molar-refractivity contribution >= 4 is 45.8 Å². The second-order valence-corrected chi connectivity index (χ2v) is 5.83. The van der Waals surface area contributed by atoms with Gasteiger partial charge in [0, 0.05) is 24.8 Å². The number of anilines is 1. The first-order chi connectivity index (χ1) is 10.5. The van der Waals surface area contributed by atoms with Crippen molar-refractivity contribution < 1.29 is 4.79 Å². The minimum absolute atomic E-state index is 0.323. The van der Waals surface area contributed by atoms with Gasteiger partial charge in [-0.15, -0.1) is 0 Å². The Hall–Kier alpha value is -2.04. The van der Waals surface area contributed by atoms with Crippen LogP contribution in [-0.2, 0) is 7.05 Å².